The Bertz CT molecular complexity index is 1360. The van der Waals surface area contributed by atoms with E-state index in [9.17, 15) is 9.18 Å². The third kappa shape index (κ3) is 4.12. The van der Waals surface area contributed by atoms with E-state index in [0.29, 0.717) is 37.3 Å². The van der Waals surface area contributed by atoms with Crippen molar-refractivity contribution in [1.82, 2.24) is 24.5 Å². The number of piperazine rings is 1. The number of pyridine rings is 1. The number of fused-ring (bicyclic) bond motifs is 2. The number of carboxylic acids is 1. The van der Waals surface area contributed by atoms with Crippen molar-refractivity contribution in [2.45, 2.75) is 19.9 Å². The number of carbonyl (C=O) groups is 1. The van der Waals surface area contributed by atoms with Gasteiger partial charge in [-0.1, -0.05) is 0 Å². The fourth-order valence-electron chi connectivity index (χ4n) is 4.49. The summed E-state index contributed by atoms with van der Waals surface area (Å²) < 4.78 is 16.1. The van der Waals surface area contributed by atoms with E-state index in [1.165, 1.54) is 6.07 Å². The molecule has 4 aromatic rings. The lowest BCUT2D eigenvalue weighted by molar-refractivity contribution is -0.138. The van der Waals surface area contributed by atoms with E-state index < -0.39 is 5.97 Å². The van der Waals surface area contributed by atoms with E-state index in [0.717, 1.165) is 28.2 Å². The first-order chi connectivity index (χ1) is 16.4. The number of rotatable bonds is 6. The minimum Gasteiger partial charge on any atom is -0.480 e. The first-order valence-corrected chi connectivity index (χ1v) is 11.2. The number of nitrogens with one attached hydrogen (secondary N) is 1. The van der Waals surface area contributed by atoms with Gasteiger partial charge in [-0.15, -0.1) is 0 Å². The maximum Gasteiger partial charge on any atom is 0.317 e. The van der Waals surface area contributed by atoms with Gasteiger partial charge >= 0.3 is 5.97 Å². The molecule has 1 aromatic carbocycles. The summed E-state index contributed by atoms with van der Waals surface area (Å²) in [6, 6.07) is 8.87. The average Bonchev–Trinajstić information content (AvgIpc) is 3.31. The molecule has 0 bridgehead atoms. The van der Waals surface area contributed by atoms with Gasteiger partial charge < -0.3 is 15.3 Å². The Hall–Kier alpha value is -3.79. The van der Waals surface area contributed by atoms with Gasteiger partial charge in [-0.2, -0.15) is 9.61 Å². The summed E-state index contributed by atoms with van der Waals surface area (Å²) in [5, 5.41) is 17.9. The topological polar surface area (TPSA) is 98.9 Å². The fraction of sp³-hybridized carbons (Fsp3) is 0.333. The maximum atomic E-state index is 14.3. The van der Waals surface area contributed by atoms with E-state index in [1.807, 2.05) is 17.0 Å². The van der Waals surface area contributed by atoms with Gasteiger partial charge in [0.25, 0.3) is 0 Å². The van der Waals surface area contributed by atoms with E-state index in [1.54, 1.807) is 29.9 Å². The van der Waals surface area contributed by atoms with Crippen molar-refractivity contribution in [2.24, 2.45) is 0 Å². The zero-order valence-electron chi connectivity index (χ0n) is 19.1. The maximum absolute atomic E-state index is 14.3. The Morgan fingerprint density at radius 3 is 2.74 bits per heavy atom. The Morgan fingerprint density at radius 1 is 1.18 bits per heavy atom. The van der Waals surface area contributed by atoms with Crippen molar-refractivity contribution in [3.05, 3.63) is 59.7 Å². The van der Waals surface area contributed by atoms with Gasteiger partial charge in [-0.3, -0.25) is 9.69 Å². The third-order valence-corrected chi connectivity index (χ3v) is 6.33. The molecule has 5 rings (SSSR count). The van der Waals surface area contributed by atoms with E-state index in [4.69, 9.17) is 10.1 Å². The van der Waals surface area contributed by atoms with Crippen LogP contribution in [0.2, 0.25) is 0 Å². The molecule has 1 saturated heterocycles. The molecule has 1 aliphatic heterocycles. The molecule has 0 spiro atoms. The zero-order chi connectivity index (χ0) is 23.8. The highest BCUT2D eigenvalue weighted by molar-refractivity contribution is 5.85. The van der Waals surface area contributed by atoms with Crippen LogP contribution in [0.4, 0.5) is 16.0 Å². The number of halogens is 1. The van der Waals surface area contributed by atoms with Gasteiger partial charge in [0.1, 0.15) is 17.5 Å². The SMILES string of the molecule is Cc1c(F)ccc2cc([C@H](C)Nc3ccnc4ccnn34)c(N3CCN(CC(=O)O)CC3)nc12. The van der Waals surface area contributed by atoms with Crippen molar-refractivity contribution >= 4 is 34.2 Å². The molecule has 0 radical (unpaired) electrons. The van der Waals surface area contributed by atoms with Gasteiger partial charge in [-0.05, 0) is 38.1 Å². The summed E-state index contributed by atoms with van der Waals surface area (Å²) in [6.45, 7) is 6.33. The normalized spacial score (nSPS) is 15.7. The van der Waals surface area contributed by atoms with Crippen LogP contribution in [0.3, 0.4) is 0 Å². The monoisotopic (exact) mass is 463 g/mol. The van der Waals surface area contributed by atoms with Crippen LogP contribution in [-0.2, 0) is 4.79 Å². The highest BCUT2D eigenvalue weighted by Gasteiger charge is 2.25. The molecule has 4 heterocycles. The van der Waals surface area contributed by atoms with Crippen molar-refractivity contribution in [3.8, 4) is 0 Å². The first-order valence-electron chi connectivity index (χ1n) is 11.2. The molecule has 0 unspecified atom stereocenters. The van der Waals surface area contributed by atoms with Crippen LogP contribution in [0.5, 0.6) is 0 Å². The molecule has 34 heavy (non-hydrogen) atoms. The molecular weight excluding hydrogens is 437 g/mol. The molecule has 176 valence electrons. The average molecular weight is 464 g/mol. The van der Waals surface area contributed by atoms with Gasteiger partial charge in [0.2, 0.25) is 0 Å². The summed E-state index contributed by atoms with van der Waals surface area (Å²) in [5.41, 5.74) is 2.87. The van der Waals surface area contributed by atoms with Crippen LogP contribution in [0.25, 0.3) is 16.6 Å². The van der Waals surface area contributed by atoms with E-state index >= 15 is 0 Å². The lowest BCUT2D eigenvalue weighted by Gasteiger charge is -2.36. The molecule has 3 aromatic heterocycles. The molecule has 0 saturated carbocycles. The number of nitrogens with zero attached hydrogens (tertiary/aromatic N) is 6. The minimum atomic E-state index is -0.829. The highest BCUT2D eigenvalue weighted by Crippen LogP contribution is 2.33. The van der Waals surface area contributed by atoms with Crippen LogP contribution in [0.1, 0.15) is 24.1 Å². The predicted molar refractivity (Wildman–Crippen MR) is 128 cm³/mol. The molecular formula is C24H26FN7O2. The number of carboxylic acid groups (broad SMARTS) is 1. The second kappa shape index (κ2) is 8.86. The van der Waals surface area contributed by atoms with Crippen LogP contribution >= 0.6 is 0 Å². The van der Waals surface area contributed by atoms with Crippen molar-refractivity contribution in [1.29, 1.82) is 0 Å². The van der Waals surface area contributed by atoms with Crippen LogP contribution in [0, 0.1) is 12.7 Å². The lowest BCUT2D eigenvalue weighted by Crippen LogP contribution is -2.48. The van der Waals surface area contributed by atoms with Gasteiger partial charge in [0, 0.05) is 55.0 Å². The number of hydrogen-bond donors (Lipinski definition) is 2. The molecule has 1 atom stereocenters. The Labute approximate surface area is 195 Å². The summed E-state index contributed by atoms with van der Waals surface area (Å²) in [7, 11) is 0. The van der Waals surface area contributed by atoms with Crippen molar-refractivity contribution in [2.75, 3.05) is 42.9 Å². The Morgan fingerprint density at radius 2 is 1.97 bits per heavy atom. The molecule has 0 aliphatic carbocycles. The van der Waals surface area contributed by atoms with Gasteiger partial charge in [0.05, 0.1) is 24.3 Å². The van der Waals surface area contributed by atoms with Crippen molar-refractivity contribution < 1.29 is 14.3 Å². The standard InChI is InChI=1S/C24H26FN7O2/c1-15-19(25)4-3-17-13-18(16(2)28-21-5-7-26-20-6-8-27-32(20)21)24(29-23(15)17)31-11-9-30(10-12-31)14-22(33)34/h3-8,13,16,28H,9-12,14H2,1-2H3,(H,33,34)/t16-/m0/s1. The summed E-state index contributed by atoms with van der Waals surface area (Å²) >= 11 is 0. The molecule has 1 fully saturated rings. The molecule has 9 nitrogen and oxygen atoms in total. The second-order valence-corrected chi connectivity index (χ2v) is 8.60. The predicted octanol–water partition coefficient (Wildman–Crippen LogP) is 3.10. The van der Waals surface area contributed by atoms with Gasteiger partial charge in [-0.25, -0.2) is 14.4 Å². The summed E-state index contributed by atoms with van der Waals surface area (Å²) in [6.07, 6.45) is 3.44. The fourth-order valence-corrected chi connectivity index (χ4v) is 4.49. The molecule has 10 heteroatoms. The van der Waals surface area contributed by atoms with Gasteiger partial charge in [0.15, 0.2) is 5.65 Å². The summed E-state index contributed by atoms with van der Waals surface area (Å²) in [5.74, 6) is 0.468. The zero-order valence-corrected chi connectivity index (χ0v) is 19.1. The summed E-state index contributed by atoms with van der Waals surface area (Å²) in [4.78, 5) is 24.4. The molecule has 2 N–H and O–H groups in total. The van der Waals surface area contributed by atoms with Crippen LogP contribution in [0.15, 0.2) is 42.7 Å². The molecule has 0 amide bonds. The Balaban J connectivity index is 1.52. The number of aryl methyl sites for hydroxylation is 1. The number of benzene rings is 1. The van der Waals surface area contributed by atoms with Crippen LogP contribution < -0.4 is 10.2 Å². The minimum absolute atomic E-state index is 0.0238. The largest absolute Gasteiger partial charge is 0.480 e. The lowest BCUT2D eigenvalue weighted by atomic mass is 10.0. The second-order valence-electron chi connectivity index (χ2n) is 8.60. The molecule has 1 aliphatic rings. The van der Waals surface area contributed by atoms with E-state index in [2.05, 4.69) is 33.3 Å². The first kappa shape index (κ1) is 22.0. The van der Waals surface area contributed by atoms with Crippen molar-refractivity contribution in [3.63, 3.8) is 0 Å². The highest BCUT2D eigenvalue weighted by atomic mass is 19.1. The van der Waals surface area contributed by atoms with E-state index in [-0.39, 0.29) is 18.4 Å². The van der Waals surface area contributed by atoms with Crippen LogP contribution in [-0.4, -0.2) is 68.3 Å². The Kier molecular flexibility index (Phi) is 5.74. The smallest absolute Gasteiger partial charge is 0.317 e. The third-order valence-electron chi connectivity index (χ3n) is 6.33. The number of anilines is 2. The number of aromatic nitrogens is 4. The quantitative estimate of drug-likeness (QED) is 0.450. The number of aliphatic carboxylic acids is 1. The number of hydrogen-bond acceptors (Lipinski definition) is 7.